The average molecular weight is 544 g/mol. The number of aromatic nitrogens is 1. The molecule has 0 unspecified atom stereocenters. The first-order valence-corrected chi connectivity index (χ1v) is 13.5. The Bertz CT molecular complexity index is 1580. The monoisotopic (exact) mass is 543 g/mol. The summed E-state index contributed by atoms with van der Waals surface area (Å²) in [5.74, 6) is -0.668. The molecule has 1 amide bonds. The van der Waals surface area contributed by atoms with Gasteiger partial charge in [0.15, 0.2) is 5.43 Å². The molecule has 8 heteroatoms. The van der Waals surface area contributed by atoms with Crippen LogP contribution in [-0.2, 0) is 11.2 Å². The van der Waals surface area contributed by atoms with Crippen molar-refractivity contribution in [2.24, 2.45) is 0 Å². The number of esters is 1. The maximum absolute atomic E-state index is 13.8. The highest BCUT2D eigenvalue weighted by Gasteiger charge is 2.26. The summed E-state index contributed by atoms with van der Waals surface area (Å²) in [5, 5.41) is 4.80. The van der Waals surface area contributed by atoms with E-state index in [4.69, 9.17) is 16.3 Å². The van der Waals surface area contributed by atoms with Gasteiger partial charge in [-0.1, -0.05) is 41.9 Å². The molecule has 2 heterocycles. The van der Waals surface area contributed by atoms with E-state index in [2.05, 4.69) is 5.01 Å². The van der Waals surface area contributed by atoms with Crippen LogP contribution in [0.25, 0.3) is 16.6 Å². The number of nitrogens with zero attached hydrogens (tertiary/aromatic N) is 3. The molecule has 39 heavy (non-hydrogen) atoms. The van der Waals surface area contributed by atoms with Gasteiger partial charge in [0.25, 0.3) is 5.91 Å². The van der Waals surface area contributed by atoms with Gasteiger partial charge in [0.05, 0.1) is 12.6 Å². The molecular formula is C31H30ClN3O4. The normalized spacial score (nSPS) is 13.5. The predicted octanol–water partition coefficient (Wildman–Crippen LogP) is 5.49. The molecule has 0 N–H and O–H groups in total. The number of carbonyl (C=O) groups excluding carboxylic acids is 2. The second-order valence-corrected chi connectivity index (χ2v) is 9.97. The number of hydrogen-bond acceptors (Lipinski definition) is 5. The summed E-state index contributed by atoms with van der Waals surface area (Å²) < 4.78 is 6.90. The lowest BCUT2D eigenvalue weighted by Crippen LogP contribution is -2.44. The third kappa shape index (κ3) is 5.20. The Morgan fingerprint density at radius 2 is 1.67 bits per heavy atom. The van der Waals surface area contributed by atoms with Crippen LogP contribution in [0.5, 0.6) is 0 Å². The number of halogens is 1. The van der Waals surface area contributed by atoms with Gasteiger partial charge in [-0.2, -0.15) is 0 Å². The van der Waals surface area contributed by atoms with E-state index in [0.29, 0.717) is 39.3 Å². The molecule has 0 atom stereocenters. The zero-order chi connectivity index (χ0) is 27.5. The number of methoxy groups -OCH3 is 1. The fraction of sp³-hybridized carbons (Fsp3) is 0.258. The molecule has 0 saturated carbocycles. The first-order valence-electron chi connectivity index (χ1n) is 13.1. The fourth-order valence-electron chi connectivity index (χ4n) is 5.26. The van der Waals surface area contributed by atoms with Gasteiger partial charge < -0.3 is 9.30 Å². The summed E-state index contributed by atoms with van der Waals surface area (Å²) in [7, 11) is 1.30. The largest absolute Gasteiger partial charge is 0.464 e. The Balaban J connectivity index is 1.59. The Morgan fingerprint density at radius 1 is 0.974 bits per heavy atom. The number of para-hydroxylation sites is 1. The van der Waals surface area contributed by atoms with E-state index in [9.17, 15) is 14.4 Å². The van der Waals surface area contributed by atoms with Gasteiger partial charge >= 0.3 is 5.97 Å². The molecule has 4 aromatic rings. The van der Waals surface area contributed by atoms with Crippen LogP contribution in [0.3, 0.4) is 0 Å². The SMILES string of the molecule is CCN(C(=O)c1ccc(Cc2c(C(=O)OC)n(-c3ccccc3)c3cc(Cl)ccc3c2=O)cc1)N1CCCC1. The minimum atomic E-state index is -0.621. The van der Waals surface area contributed by atoms with Gasteiger partial charge in [-0.05, 0) is 67.8 Å². The molecule has 0 spiro atoms. The van der Waals surface area contributed by atoms with Crippen molar-refractivity contribution in [3.05, 3.63) is 110 Å². The topological polar surface area (TPSA) is 71.8 Å². The molecule has 1 aromatic heterocycles. The van der Waals surface area contributed by atoms with Crippen LogP contribution in [0.15, 0.2) is 77.6 Å². The number of hydrazine groups is 1. The first-order chi connectivity index (χ1) is 18.9. The standard InChI is InChI=1S/C31H30ClN3O4/c1-3-34(33-17-7-8-18-33)30(37)22-13-11-21(12-14-22)19-26-28(31(38)39-2)35(24-9-5-4-6-10-24)27-20-23(32)15-16-25(27)29(26)36/h4-6,9-16,20H,3,7-8,17-19H2,1-2H3. The molecule has 200 valence electrons. The second-order valence-electron chi connectivity index (χ2n) is 9.54. The van der Waals surface area contributed by atoms with E-state index in [1.807, 2.05) is 49.4 Å². The Kier molecular flexibility index (Phi) is 7.82. The van der Waals surface area contributed by atoms with Gasteiger partial charge in [-0.3, -0.25) is 14.6 Å². The van der Waals surface area contributed by atoms with Crippen LogP contribution < -0.4 is 5.43 Å². The summed E-state index contributed by atoms with van der Waals surface area (Å²) in [6, 6.07) is 21.6. The van der Waals surface area contributed by atoms with Crippen molar-refractivity contribution in [2.45, 2.75) is 26.2 Å². The number of hydrogen-bond donors (Lipinski definition) is 0. The van der Waals surface area contributed by atoms with Gasteiger partial charge in [0.1, 0.15) is 5.69 Å². The Morgan fingerprint density at radius 3 is 2.31 bits per heavy atom. The molecule has 0 radical (unpaired) electrons. The van der Waals surface area contributed by atoms with Crippen LogP contribution in [0.4, 0.5) is 0 Å². The van der Waals surface area contributed by atoms with E-state index < -0.39 is 5.97 Å². The van der Waals surface area contributed by atoms with Crippen molar-refractivity contribution in [3.8, 4) is 5.69 Å². The highest BCUT2D eigenvalue weighted by molar-refractivity contribution is 6.31. The first kappa shape index (κ1) is 26.7. The van der Waals surface area contributed by atoms with Crippen LogP contribution >= 0.6 is 11.6 Å². The van der Waals surface area contributed by atoms with Crippen molar-refractivity contribution >= 4 is 34.4 Å². The zero-order valence-electron chi connectivity index (χ0n) is 22.0. The summed E-state index contributed by atoms with van der Waals surface area (Å²) >= 11 is 6.31. The highest BCUT2D eigenvalue weighted by Crippen LogP contribution is 2.27. The van der Waals surface area contributed by atoms with Crippen molar-refractivity contribution in [2.75, 3.05) is 26.7 Å². The van der Waals surface area contributed by atoms with Crippen LogP contribution in [0.1, 0.15) is 51.7 Å². The van der Waals surface area contributed by atoms with E-state index in [1.165, 1.54) is 7.11 Å². The number of amides is 1. The molecule has 5 rings (SSSR count). The Hall–Kier alpha value is -3.94. The third-order valence-electron chi connectivity index (χ3n) is 7.16. The average Bonchev–Trinajstić information content (AvgIpc) is 3.49. The molecule has 0 aliphatic carbocycles. The maximum Gasteiger partial charge on any atom is 0.355 e. The number of rotatable bonds is 7. The van der Waals surface area contributed by atoms with Gasteiger partial charge in [-0.25, -0.2) is 9.80 Å². The molecular weight excluding hydrogens is 514 g/mol. The van der Waals surface area contributed by atoms with Crippen LogP contribution in [0, 0.1) is 0 Å². The summed E-state index contributed by atoms with van der Waals surface area (Å²) in [6.07, 6.45) is 2.36. The van der Waals surface area contributed by atoms with E-state index >= 15 is 0 Å². The summed E-state index contributed by atoms with van der Waals surface area (Å²) in [5.41, 5.74) is 2.79. The zero-order valence-corrected chi connectivity index (χ0v) is 22.8. The van der Waals surface area contributed by atoms with Crippen molar-refractivity contribution in [3.63, 3.8) is 0 Å². The summed E-state index contributed by atoms with van der Waals surface area (Å²) in [6.45, 7) is 4.34. The van der Waals surface area contributed by atoms with Gasteiger partial charge in [-0.15, -0.1) is 0 Å². The van der Waals surface area contributed by atoms with Crippen molar-refractivity contribution < 1.29 is 14.3 Å². The van der Waals surface area contributed by atoms with Crippen LogP contribution in [0.2, 0.25) is 5.02 Å². The van der Waals surface area contributed by atoms with E-state index in [-0.39, 0.29) is 23.5 Å². The molecule has 1 saturated heterocycles. The maximum atomic E-state index is 13.8. The van der Waals surface area contributed by atoms with Crippen LogP contribution in [-0.4, -0.2) is 53.2 Å². The highest BCUT2D eigenvalue weighted by atomic mass is 35.5. The number of pyridine rings is 1. The quantitative estimate of drug-likeness (QED) is 0.288. The van der Waals surface area contributed by atoms with Crippen molar-refractivity contribution in [1.82, 2.24) is 14.6 Å². The second kappa shape index (κ2) is 11.4. The lowest BCUT2D eigenvalue weighted by atomic mass is 9.98. The lowest BCUT2D eigenvalue weighted by Gasteiger charge is -2.30. The minimum absolute atomic E-state index is 0.0461. The fourth-order valence-corrected chi connectivity index (χ4v) is 5.43. The number of benzene rings is 3. The summed E-state index contributed by atoms with van der Waals surface area (Å²) in [4.78, 5) is 40.2. The van der Waals surface area contributed by atoms with E-state index in [0.717, 1.165) is 31.5 Å². The van der Waals surface area contributed by atoms with E-state index in [1.54, 1.807) is 39.9 Å². The Labute approximate surface area is 232 Å². The number of ether oxygens (including phenoxy) is 1. The number of carbonyl (C=O) groups is 2. The molecule has 7 nitrogen and oxygen atoms in total. The lowest BCUT2D eigenvalue weighted by molar-refractivity contribution is 0.00735. The van der Waals surface area contributed by atoms with Crippen molar-refractivity contribution in [1.29, 1.82) is 0 Å². The minimum Gasteiger partial charge on any atom is -0.464 e. The smallest absolute Gasteiger partial charge is 0.355 e. The molecule has 3 aromatic carbocycles. The van der Waals surface area contributed by atoms with Gasteiger partial charge in [0.2, 0.25) is 0 Å². The molecule has 0 bridgehead atoms. The van der Waals surface area contributed by atoms with Gasteiger partial charge in [0, 0.05) is 53.3 Å². The third-order valence-corrected chi connectivity index (χ3v) is 7.40. The molecule has 1 aliphatic heterocycles. The predicted molar refractivity (Wildman–Crippen MR) is 153 cm³/mol. The molecule has 1 aliphatic rings. The molecule has 1 fully saturated rings. The number of fused-ring (bicyclic) bond motifs is 1.